The van der Waals surface area contributed by atoms with E-state index < -0.39 is 0 Å². The Kier molecular flexibility index (Phi) is 5.29. The molecular weight excluding hydrogens is 328 g/mol. The minimum Gasteiger partial charge on any atom is -0.495 e. The van der Waals surface area contributed by atoms with Crippen molar-refractivity contribution in [2.45, 2.75) is 33.2 Å². The van der Waals surface area contributed by atoms with E-state index in [1.165, 1.54) is 0 Å². The number of benzene rings is 1. The van der Waals surface area contributed by atoms with Crippen LogP contribution in [-0.4, -0.2) is 28.5 Å². The van der Waals surface area contributed by atoms with Gasteiger partial charge in [-0.25, -0.2) is 9.97 Å². The molecule has 2 rings (SSSR count). The lowest BCUT2D eigenvalue weighted by atomic mass is 10.1. The first-order valence-electron chi connectivity index (χ1n) is 7.47. The number of carbonyl (C=O) groups is 1. The Bertz CT molecular complexity index is 757. The van der Waals surface area contributed by atoms with Gasteiger partial charge in [0.2, 0.25) is 5.95 Å². The molecule has 0 radical (unpaired) electrons. The number of halogens is 1. The predicted octanol–water partition coefficient (Wildman–Crippen LogP) is 3.72. The summed E-state index contributed by atoms with van der Waals surface area (Å²) in [6.07, 6.45) is 0. The maximum absolute atomic E-state index is 12.3. The highest BCUT2D eigenvalue weighted by Gasteiger charge is 2.18. The Morgan fingerprint density at radius 2 is 1.92 bits per heavy atom. The first kappa shape index (κ1) is 18.0. The molecule has 0 aliphatic heterocycles. The summed E-state index contributed by atoms with van der Waals surface area (Å²) in [5, 5.41) is 6.49. The van der Waals surface area contributed by atoms with Crippen LogP contribution in [0.2, 0.25) is 5.02 Å². The van der Waals surface area contributed by atoms with Gasteiger partial charge in [-0.1, -0.05) is 11.6 Å². The molecule has 1 aromatic heterocycles. The van der Waals surface area contributed by atoms with Gasteiger partial charge in [0.05, 0.1) is 12.8 Å². The number of hydrogen-bond acceptors (Lipinski definition) is 5. The average Bonchev–Trinajstić information content (AvgIpc) is 2.45. The molecule has 2 aromatic rings. The summed E-state index contributed by atoms with van der Waals surface area (Å²) in [6.45, 7) is 7.54. The van der Waals surface area contributed by atoms with Gasteiger partial charge in [-0.2, -0.15) is 0 Å². The lowest BCUT2D eigenvalue weighted by Gasteiger charge is -2.20. The molecule has 24 heavy (non-hydrogen) atoms. The monoisotopic (exact) mass is 348 g/mol. The molecule has 128 valence electrons. The molecule has 7 heteroatoms. The number of rotatable bonds is 4. The molecule has 0 aliphatic rings. The van der Waals surface area contributed by atoms with Crippen LogP contribution in [0.25, 0.3) is 0 Å². The third kappa shape index (κ3) is 4.83. The highest BCUT2D eigenvalue weighted by Crippen LogP contribution is 2.29. The molecular formula is C17H21ClN4O2. The van der Waals surface area contributed by atoms with Gasteiger partial charge in [-0.05, 0) is 52.0 Å². The van der Waals surface area contributed by atoms with Crippen LogP contribution >= 0.6 is 11.6 Å². The van der Waals surface area contributed by atoms with Crippen LogP contribution in [0.15, 0.2) is 24.3 Å². The molecule has 0 spiro atoms. The first-order chi connectivity index (χ1) is 11.2. The van der Waals surface area contributed by atoms with E-state index in [0.717, 1.165) is 0 Å². The van der Waals surface area contributed by atoms with E-state index in [4.69, 9.17) is 16.3 Å². The minimum atomic E-state index is -0.348. The minimum absolute atomic E-state index is 0.255. The van der Waals surface area contributed by atoms with Crippen LogP contribution in [0.1, 0.15) is 37.0 Å². The van der Waals surface area contributed by atoms with Crippen molar-refractivity contribution >= 4 is 29.1 Å². The van der Waals surface area contributed by atoms with E-state index in [2.05, 4.69) is 20.6 Å². The zero-order valence-corrected chi connectivity index (χ0v) is 15.2. The summed E-state index contributed by atoms with van der Waals surface area (Å²) in [4.78, 5) is 20.9. The van der Waals surface area contributed by atoms with Crippen molar-refractivity contribution in [3.8, 4) is 5.75 Å². The van der Waals surface area contributed by atoms with Crippen LogP contribution < -0.4 is 15.4 Å². The van der Waals surface area contributed by atoms with E-state index in [-0.39, 0.29) is 11.4 Å². The molecule has 1 aromatic carbocycles. The number of methoxy groups -OCH3 is 1. The van der Waals surface area contributed by atoms with Crippen LogP contribution in [0, 0.1) is 6.92 Å². The Hall–Kier alpha value is -2.34. The predicted molar refractivity (Wildman–Crippen MR) is 95.3 cm³/mol. The zero-order valence-electron chi connectivity index (χ0n) is 14.4. The highest BCUT2D eigenvalue weighted by molar-refractivity contribution is 6.31. The third-order valence-electron chi connectivity index (χ3n) is 2.98. The van der Waals surface area contributed by atoms with Gasteiger partial charge < -0.3 is 15.4 Å². The Balaban J connectivity index is 2.32. The summed E-state index contributed by atoms with van der Waals surface area (Å²) in [5.41, 5.74) is 1.24. The number of amides is 1. The van der Waals surface area contributed by atoms with E-state index >= 15 is 0 Å². The standard InChI is InChI=1S/C17H21ClN4O2/c1-10-8-13(15(23)22-17(2,3)4)21-16(19-10)20-12-9-11(18)6-7-14(12)24-5/h6-9H,1-5H3,(H,22,23)(H,19,20,21). The summed E-state index contributed by atoms with van der Waals surface area (Å²) >= 11 is 6.03. The zero-order chi connectivity index (χ0) is 17.9. The Labute approximate surface area is 146 Å². The van der Waals surface area contributed by atoms with Crippen molar-refractivity contribution in [1.82, 2.24) is 15.3 Å². The SMILES string of the molecule is COc1ccc(Cl)cc1Nc1nc(C)cc(C(=O)NC(C)(C)C)n1. The topological polar surface area (TPSA) is 76.1 Å². The maximum Gasteiger partial charge on any atom is 0.270 e. The van der Waals surface area contributed by atoms with Crippen LogP contribution in [0.3, 0.4) is 0 Å². The molecule has 1 heterocycles. The number of nitrogens with zero attached hydrogens (tertiary/aromatic N) is 2. The van der Waals surface area contributed by atoms with Crippen molar-refractivity contribution < 1.29 is 9.53 Å². The Morgan fingerprint density at radius 1 is 1.21 bits per heavy atom. The molecule has 6 nitrogen and oxygen atoms in total. The van der Waals surface area contributed by atoms with Gasteiger partial charge in [0, 0.05) is 16.3 Å². The lowest BCUT2D eigenvalue weighted by Crippen LogP contribution is -2.41. The average molecular weight is 349 g/mol. The lowest BCUT2D eigenvalue weighted by molar-refractivity contribution is 0.0914. The van der Waals surface area contributed by atoms with Crippen molar-refractivity contribution in [3.05, 3.63) is 40.7 Å². The summed E-state index contributed by atoms with van der Waals surface area (Å²) in [5.74, 6) is 0.647. The van der Waals surface area contributed by atoms with Crippen LogP contribution in [0.5, 0.6) is 5.75 Å². The van der Waals surface area contributed by atoms with E-state index in [1.807, 2.05) is 20.8 Å². The fraction of sp³-hybridized carbons (Fsp3) is 0.353. The number of aryl methyl sites for hydroxylation is 1. The van der Waals surface area contributed by atoms with E-state index in [9.17, 15) is 4.79 Å². The number of aromatic nitrogens is 2. The second kappa shape index (κ2) is 7.05. The summed E-state index contributed by atoms with van der Waals surface area (Å²) in [6, 6.07) is 6.82. The molecule has 0 fully saturated rings. The molecule has 0 bridgehead atoms. The molecule has 2 N–H and O–H groups in total. The number of carbonyl (C=O) groups excluding carboxylic acids is 1. The molecule has 1 amide bonds. The molecule has 0 unspecified atom stereocenters. The smallest absolute Gasteiger partial charge is 0.270 e. The van der Waals surface area contributed by atoms with Gasteiger partial charge in [0.25, 0.3) is 5.91 Å². The second-order valence-electron chi connectivity index (χ2n) is 6.39. The van der Waals surface area contributed by atoms with Crippen molar-refractivity contribution in [3.63, 3.8) is 0 Å². The second-order valence-corrected chi connectivity index (χ2v) is 6.83. The molecule has 0 saturated heterocycles. The maximum atomic E-state index is 12.3. The Morgan fingerprint density at radius 3 is 2.54 bits per heavy atom. The molecule has 0 saturated carbocycles. The van der Waals surface area contributed by atoms with E-state index in [0.29, 0.717) is 33.8 Å². The van der Waals surface area contributed by atoms with Crippen molar-refractivity contribution in [2.24, 2.45) is 0 Å². The first-order valence-corrected chi connectivity index (χ1v) is 7.84. The summed E-state index contributed by atoms with van der Waals surface area (Å²) < 4.78 is 5.29. The van der Waals surface area contributed by atoms with Crippen molar-refractivity contribution in [1.29, 1.82) is 0 Å². The summed E-state index contributed by atoms with van der Waals surface area (Å²) in [7, 11) is 1.56. The van der Waals surface area contributed by atoms with Crippen molar-refractivity contribution in [2.75, 3.05) is 12.4 Å². The number of ether oxygens (including phenoxy) is 1. The number of nitrogens with one attached hydrogen (secondary N) is 2. The van der Waals surface area contributed by atoms with E-state index in [1.54, 1.807) is 38.3 Å². The van der Waals surface area contributed by atoms with Gasteiger partial charge in [0.15, 0.2) is 0 Å². The van der Waals surface area contributed by atoms with Gasteiger partial charge in [0.1, 0.15) is 11.4 Å². The fourth-order valence-electron chi connectivity index (χ4n) is 2.04. The quantitative estimate of drug-likeness (QED) is 0.880. The molecule has 0 aliphatic carbocycles. The largest absolute Gasteiger partial charge is 0.495 e. The number of anilines is 2. The fourth-order valence-corrected chi connectivity index (χ4v) is 2.22. The van der Waals surface area contributed by atoms with Gasteiger partial charge in [-0.3, -0.25) is 4.79 Å². The third-order valence-corrected chi connectivity index (χ3v) is 3.22. The van der Waals surface area contributed by atoms with Gasteiger partial charge in [-0.15, -0.1) is 0 Å². The van der Waals surface area contributed by atoms with Gasteiger partial charge >= 0.3 is 0 Å². The number of hydrogen-bond donors (Lipinski definition) is 2. The highest BCUT2D eigenvalue weighted by atomic mass is 35.5. The molecule has 0 atom stereocenters. The van der Waals surface area contributed by atoms with Crippen LogP contribution in [-0.2, 0) is 0 Å². The normalized spacial score (nSPS) is 11.1. The van der Waals surface area contributed by atoms with Crippen LogP contribution in [0.4, 0.5) is 11.6 Å².